The fraction of sp³-hybridized carbons (Fsp3) is 0.556. The van der Waals surface area contributed by atoms with Crippen molar-refractivity contribution in [3.63, 3.8) is 0 Å². The molecular formula is C36H57N11O11S. The number of para-hydroxylation sites is 1. The second kappa shape index (κ2) is 24.4. The van der Waals surface area contributed by atoms with Crippen molar-refractivity contribution in [3.8, 4) is 0 Å². The van der Waals surface area contributed by atoms with Crippen molar-refractivity contribution in [2.45, 2.75) is 101 Å². The number of nitrogens with one attached hydrogen (secondary N) is 7. The SMILES string of the molecule is CSCC[C@H](NC(=O)[C@H](CCCN=C(N)N)NC(=O)[C@@H](NC(=O)[C@H](CO)NC(=O)[C@H](C)NC(=O)[C@@H](N)Cc1c[nH]c2ccccc12)[C@@H](C)O)C(=O)N[C@H](C(=O)O)[C@@H](C)O. The Morgan fingerprint density at radius 3 is 1.92 bits per heavy atom. The number of carbonyl (C=O) groups excluding carboxylic acids is 6. The molecule has 59 heavy (non-hydrogen) atoms. The molecule has 22 nitrogen and oxygen atoms in total. The summed E-state index contributed by atoms with van der Waals surface area (Å²) in [5, 5.41) is 54.7. The first kappa shape index (κ1) is 49.7. The first-order chi connectivity index (χ1) is 27.8. The van der Waals surface area contributed by atoms with Gasteiger partial charge in [0.15, 0.2) is 12.0 Å². The lowest BCUT2D eigenvalue weighted by Gasteiger charge is -2.28. The number of rotatable bonds is 25. The smallest absolute Gasteiger partial charge is 0.328 e. The van der Waals surface area contributed by atoms with E-state index in [4.69, 9.17) is 17.2 Å². The van der Waals surface area contributed by atoms with Crippen molar-refractivity contribution in [2.24, 2.45) is 22.2 Å². The number of carboxylic acid groups (broad SMARTS) is 1. The topological polar surface area (TPSA) is 379 Å². The Bertz CT molecular complexity index is 1790. The maximum absolute atomic E-state index is 13.6. The van der Waals surface area contributed by atoms with Gasteiger partial charge >= 0.3 is 5.97 Å². The first-order valence-electron chi connectivity index (χ1n) is 18.7. The van der Waals surface area contributed by atoms with Gasteiger partial charge < -0.3 is 74.5 Å². The van der Waals surface area contributed by atoms with Gasteiger partial charge in [-0.1, -0.05) is 18.2 Å². The van der Waals surface area contributed by atoms with Crippen molar-refractivity contribution in [1.29, 1.82) is 0 Å². The van der Waals surface area contributed by atoms with Crippen LogP contribution in [0.15, 0.2) is 35.5 Å². The lowest BCUT2D eigenvalue weighted by atomic mass is 10.0. The summed E-state index contributed by atoms with van der Waals surface area (Å²) in [6, 6.07) is -2.67. The molecule has 1 aromatic carbocycles. The van der Waals surface area contributed by atoms with Crippen molar-refractivity contribution in [3.05, 3.63) is 36.0 Å². The van der Waals surface area contributed by atoms with E-state index in [0.717, 1.165) is 30.3 Å². The van der Waals surface area contributed by atoms with E-state index in [1.807, 2.05) is 24.3 Å². The van der Waals surface area contributed by atoms with Gasteiger partial charge in [-0.25, -0.2) is 4.79 Å². The van der Waals surface area contributed by atoms with E-state index in [-0.39, 0.29) is 38.2 Å². The number of aliphatic hydroxyl groups is 3. The number of hydrogen-bond acceptors (Lipinski definition) is 13. The van der Waals surface area contributed by atoms with E-state index in [1.165, 1.54) is 18.7 Å². The van der Waals surface area contributed by atoms with Gasteiger partial charge in [0.05, 0.1) is 24.9 Å². The number of aromatic nitrogens is 1. The van der Waals surface area contributed by atoms with E-state index in [1.54, 1.807) is 12.5 Å². The lowest BCUT2D eigenvalue weighted by molar-refractivity contribution is -0.145. The summed E-state index contributed by atoms with van der Waals surface area (Å²) in [4.78, 5) is 97.9. The zero-order valence-corrected chi connectivity index (χ0v) is 34.1. The molecule has 0 fully saturated rings. The van der Waals surface area contributed by atoms with Crippen molar-refractivity contribution >= 4 is 70.0 Å². The van der Waals surface area contributed by atoms with Crippen LogP contribution in [0.5, 0.6) is 0 Å². The number of hydrogen-bond donors (Lipinski definition) is 14. The largest absolute Gasteiger partial charge is 0.480 e. The minimum Gasteiger partial charge on any atom is -0.480 e. The summed E-state index contributed by atoms with van der Waals surface area (Å²) < 4.78 is 0. The molecule has 1 aromatic heterocycles. The number of H-pyrrole nitrogens is 1. The fourth-order valence-electron chi connectivity index (χ4n) is 5.62. The molecule has 2 aromatic rings. The number of amides is 6. The first-order valence-corrected chi connectivity index (χ1v) is 20.1. The average Bonchev–Trinajstić information content (AvgIpc) is 3.58. The maximum atomic E-state index is 13.6. The van der Waals surface area contributed by atoms with Gasteiger partial charge in [0, 0.05) is 23.6 Å². The normalized spacial score (nSPS) is 15.7. The van der Waals surface area contributed by atoms with Gasteiger partial charge in [-0.15, -0.1) is 0 Å². The van der Waals surface area contributed by atoms with Crippen LogP contribution < -0.4 is 49.1 Å². The van der Waals surface area contributed by atoms with Crippen LogP contribution in [0.4, 0.5) is 0 Å². The molecule has 9 atom stereocenters. The molecule has 0 saturated heterocycles. The van der Waals surface area contributed by atoms with Crippen LogP contribution in [-0.2, 0) is 40.0 Å². The van der Waals surface area contributed by atoms with Crippen LogP contribution >= 0.6 is 11.8 Å². The number of aliphatic imine (C=N–C) groups is 1. The lowest BCUT2D eigenvalue weighted by Crippen LogP contribution is -2.62. The van der Waals surface area contributed by atoms with E-state index < -0.39 is 103 Å². The van der Waals surface area contributed by atoms with Crippen molar-refractivity contribution in [2.75, 3.05) is 25.2 Å². The molecular weight excluding hydrogens is 795 g/mol. The summed E-state index contributed by atoms with van der Waals surface area (Å²) in [6.45, 7) is 2.72. The predicted molar refractivity (Wildman–Crippen MR) is 218 cm³/mol. The number of thioether (sulfide) groups is 1. The molecule has 17 N–H and O–H groups in total. The van der Waals surface area contributed by atoms with Crippen molar-refractivity contribution < 1.29 is 54.0 Å². The molecule has 1 heterocycles. The van der Waals surface area contributed by atoms with Gasteiger partial charge in [0.25, 0.3) is 0 Å². The summed E-state index contributed by atoms with van der Waals surface area (Å²) in [6.07, 6.45) is 0.574. The van der Waals surface area contributed by atoms with E-state index >= 15 is 0 Å². The van der Waals surface area contributed by atoms with Gasteiger partial charge in [-0.2, -0.15) is 11.8 Å². The second-order valence-electron chi connectivity index (χ2n) is 13.8. The molecule has 0 spiro atoms. The molecule has 0 aliphatic carbocycles. The molecule has 328 valence electrons. The highest BCUT2D eigenvalue weighted by atomic mass is 32.2. The van der Waals surface area contributed by atoms with Crippen LogP contribution in [-0.4, -0.2) is 152 Å². The number of aliphatic carboxylic acids is 1. The Morgan fingerprint density at radius 1 is 0.763 bits per heavy atom. The van der Waals surface area contributed by atoms with Crippen LogP contribution in [0.2, 0.25) is 0 Å². The fourth-order valence-corrected chi connectivity index (χ4v) is 6.09. The number of benzene rings is 1. The van der Waals surface area contributed by atoms with Crippen LogP contribution in [0, 0.1) is 0 Å². The molecule has 6 amide bonds. The van der Waals surface area contributed by atoms with Crippen molar-refractivity contribution in [1.82, 2.24) is 36.9 Å². The molecule has 0 radical (unpaired) electrons. The molecule has 0 aliphatic heterocycles. The predicted octanol–water partition coefficient (Wildman–Crippen LogP) is -4.39. The zero-order chi connectivity index (χ0) is 44.4. The number of nitrogens with two attached hydrogens (primary N) is 3. The minimum absolute atomic E-state index is 0.0242. The third-order valence-corrected chi connectivity index (χ3v) is 9.59. The number of fused-ring (bicyclic) bond motifs is 1. The highest BCUT2D eigenvalue weighted by Gasteiger charge is 2.35. The number of aromatic amines is 1. The third-order valence-electron chi connectivity index (χ3n) is 8.95. The highest BCUT2D eigenvalue weighted by molar-refractivity contribution is 7.98. The van der Waals surface area contributed by atoms with E-state index in [0.29, 0.717) is 5.75 Å². The molecule has 23 heteroatoms. The summed E-state index contributed by atoms with van der Waals surface area (Å²) in [5.74, 6) is -6.95. The van der Waals surface area contributed by atoms with Gasteiger partial charge in [-0.3, -0.25) is 33.8 Å². The number of nitrogens with zero attached hydrogens (tertiary/aromatic N) is 1. The molecule has 0 aliphatic rings. The second-order valence-corrected chi connectivity index (χ2v) is 14.8. The molecule has 0 unspecified atom stereocenters. The van der Waals surface area contributed by atoms with E-state index in [2.05, 4.69) is 41.9 Å². The molecule has 2 rings (SSSR count). The Morgan fingerprint density at radius 2 is 1.32 bits per heavy atom. The van der Waals surface area contributed by atoms with Gasteiger partial charge in [0.1, 0.15) is 30.2 Å². The standard InChI is InChI=1S/C36H57N11O11S/c1-17(42-30(52)22(37)14-20-15-41-23-9-6-5-8-21(20)23)29(51)45-26(16-48)33(55)46-27(18(2)49)34(56)44-24(10-7-12-40-36(38)39)31(53)43-25(11-13-59-4)32(54)47-28(19(3)50)35(57)58/h5-6,8-9,15,17-19,22,24-28,41,48-50H,7,10-14,16,37H2,1-4H3,(H,42,52)(H,43,53)(H,44,56)(H,45,51)(H,46,55)(H,47,54)(H,57,58)(H4,38,39,40)/t17-,18+,19+,22-,24-,25-,26-,27-,28-/m0/s1. The summed E-state index contributed by atoms with van der Waals surface area (Å²) in [5.41, 5.74) is 18.5. The van der Waals surface area contributed by atoms with Crippen LogP contribution in [0.25, 0.3) is 10.9 Å². The monoisotopic (exact) mass is 851 g/mol. The number of aliphatic hydroxyl groups excluding tert-OH is 3. The number of carboxylic acids is 1. The third kappa shape index (κ3) is 16.0. The number of carbonyl (C=O) groups is 7. The Labute approximate surface area is 344 Å². The maximum Gasteiger partial charge on any atom is 0.328 e. The minimum atomic E-state index is -1.75. The van der Waals surface area contributed by atoms with Crippen LogP contribution in [0.1, 0.15) is 45.6 Å². The zero-order valence-electron chi connectivity index (χ0n) is 33.3. The summed E-state index contributed by atoms with van der Waals surface area (Å²) in [7, 11) is 0. The van der Waals surface area contributed by atoms with Gasteiger partial charge in [0.2, 0.25) is 35.4 Å². The Kier molecular flexibility index (Phi) is 20.6. The average molecular weight is 852 g/mol. The van der Waals surface area contributed by atoms with E-state index in [9.17, 15) is 54.0 Å². The quantitative estimate of drug-likeness (QED) is 0.0255. The number of guanidine groups is 1. The molecule has 0 bridgehead atoms. The van der Waals surface area contributed by atoms with Crippen LogP contribution in [0.3, 0.4) is 0 Å². The van der Waals surface area contributed by atoms with Gasteiger partial charge in [-0.05, 0) is 70.1 Å². The highest BCUT2D eigenvalue weighted by Crippen LogP contribution is 2.19. The molecule has 0 saturated carbocycles. The summed E-state index contributed by atoms with van der Waals surface area (Å²) >= 11 is 1.33. The Hall–Kier alpha value is -5.49. The Balaban J connectivity index is 2.15.